The molecule has 0 saturated carbocycles. The van der Waals surface area contributed by atoms with Gasteiger partial charge in [-0.05, 0) is 31.6 Å². The van der Waals surface area contributed by atoms with Crippen LogP contribution >= 0.6 is 0 Å². The van der Waals surface area contributed by atoms with Gasteiger partial charge in [0, 0.05) is 20.3 Å². The molecule has 0 bridgehead atoms. The number of nitrogens with zero attached hydrogens (tertiary/aromatic N) is 1. The molecular formula is C16H30N2O3. The molecule has 1 saturated heterocycles. The van der Waals surface area contributed by atoms with Crippen molar-refractivity contribution in [3.8, 4) is 0 Å². The number of ether oxygens (including phenoxy) is 1. The van der Waals surface area contributed by atoms with Gasteiger partial charge in [0.2, 0.25) is 11.8 Å². The second-order valence-electron chi connectivity index (χ2n) is 6.23. The fourth-order valence-electron chi connectivity index (χ4n) is 2.81. The Morgan fingerprint density at radius 1 is 1.29 bits per heavy atom. The molecule has 21 heavy (non-hydrogen) atoms. The summed E-state index contributed by atoms with van der Waals surface area (Å²) in [4.78, 5) is 26.7. The quantitative estimate of drug-likeness (QED) is 0.662. The van der Waals surface area contributed by atoms with Crippen molar-refractivity contribution in [2.24, 2.45) is 5.92 Å². The first-order valence-corrected chi connectivity index (χ1v) is 8.11. The number of unbranched alkanes of at least 4 members (excludes halogenated alkanes) is 1. The lowest BCUT2D eigenvalue weighted by molar-refractivity contribution is -0.150. The highest BCUT2D eigenvalue weighted by molar-refractivity contribution is 5.96. The number of carbonyl (C=O) groups excluding carboxylic acids is 2. The van der Waals surface area contributed by atoms with Crippen molar-refractivity contribution in [3.63, 3.8) is 0 Å². The van der Waals surface area contributed by atoms with Crippen LogP contribution in [0.15, 0.2) is 0 Å². The molecular weight excluding hydrogens is 268 g/mol. The lowest BCUT2D eigenvalue weighted by Gasteiger charge is -2.39. The summed E-state index contributed by atoms with van der Waals surface area (Å²) in [6.07, 6.45) is 4.13. The SMILES string of the molecule is CCCC1C(=O)NC(CC(C)C)C(=O)N1CCCCOC. The van der Waals surface area contributed by atoms with E-state index in [0.29, 0.717) is 25.5 Å². The Morgan fingerprint density at radius 2 is 2.00 bits per heavy atom. The lowest BCUT2D eigenvalue weighted by atomic mass is 9.96. The molecule has 122 valence electrons. The van der Waals surface area contributed by atoms with E-state index in [-0.39, 0.29) is 23.9 Å². The summed E-state index contributed by atoms with van der Waals surface area (Å²) in [5, 5.41) is 2.91. The van der Waals surface area contributed by atoms with Crippen LogP contribution in [-0.4, -0.2) is 49.1 Å². The fraction of sp³-hybridized carbons (Fsp3) is 0.875. The number of rotatable bonds is 9. The van der Waals surface area contributed by atoms with Gasteiger partial charge in [0.25, 0.3) is 0 Å². The van der Waals surface area contributed by atoms with Crippen LogP contribution in [0.2, 0.25) is 0 Å². The zero-order valence-corrected chi connectivity index (χ0v) is 13.9. The van der Waals surface area contributed by atoms with E-state index in [9.17, 15) is 9.59 Å². The Hall–Kier alpha value is -1.10. The van der Waals surface area contributed by atoms with E-state index in [0.717, 1.165) is 25.7 Å². The summed E-state index contributed by atoms with van der Waals surface area (Å²) in [5.41, 5.74) is 0. The number of nitrogens with one attached hydrogen (secondary N) is 1. The number of carbonyl (C=O) groups is 2. The van der Waals surface area contributed by atoms with Crippen LogP contribution in [0.5, 0.6) is 0 Å². The minimum atomic E-state index is -0.354. The molecule has 0 aromatic heterocycles. The van der Waals surface area contributed by atoms with Crippen LogP contribution in [0.1, 0.15) is 52.9 Å². The van der Waals surface area contributed by atoms with Crippen LogP contribution in [0.25, 0.3) is 0 Å². The van der Waals surface area contributed by atoms with Gasteiger partial charge in [0.1, 0.15) is 12.1 Å². The summed E-state index contributed by atoms with van der Waals surface area (Å²) in [6.45, 7) is 7.53. The minimum Gasteiger partial charge on any atom is -0.385 e. The second kappa shape index (κ2) is 9.03. The van der Waals surface area contributed by atoms with Crippen molar-refractivity contribution in [3.05, 3.63) is 0 Å². The molecule has 0 radical (unpaired) electrons. The smallest absolute Gasteiger partial charge is 0.245 e. The Kier molecular flexibility index (Phi) is 7.72. The second-order valence-corrected chi connectivity index (χ2v) is 6.23. The average molecular weight is 298 g/mol. The maximum absolute atomic E-state index is 12.6. The van der Waals surface area contributed by atoms with Crippen LogP contribution < -0.4 is 5.32 Å². The van der Waals surface area contributed by atoms with Gasteiger partial charge in [0.05, 0.1) is 0 Å². The molecule has 1 fully saturated rings. The molecule has 1 N–H and O–H groups in total. The summed E-state index contributed by atoms with van der Waals surface area (Å²) in [5.74, 6) is 0.477. The number of piperazine rings is 1. The highest BCUT2D eigenvalue weighted by Crippen LogP contribution is 2.19. The fourth-order valence-corrected chi connectivity index (χ4v) is 2.81. The van der Waals surface area contributed by atoms with E-state index in [1.807, 2.05) is 6.92 Å². The van der Waals surface area contributed by atoms with E-state index < -0.39 is 0 Å². The lowest BCUT2D eigenvalue weighted by Crippen LogP contribution is -2.63. The highest BCUT2D eigenvalue weighted by atomic mass is 16.5. The zero-order chi connectivity index (χ0) is 15.8. The average Bonchev–Trinajstić information content (AvgIpc) is 2.42. The molecule has 1 rings (SSSR count). The maximum Gasteiger partial charge on any atom is 0.245 e. The van der Waals surface area contributed by atoms with E-state index >= 15 is 0 Å². The van der Waals surface area contributed by atoms with Gasteiger partial charge >= 0.3 is 0 Å². The predicted octanol–water partition coefficient (Wildman–Crippen LogP) is 1.95. The van der Waals surface area contributed by atoms with Crippen molar-refractivity contribution >= 4 is 11.8 Å². The molecule has 0 spiro atoms. The van der Waals surface area contributed by atoms with Crippen molar-refractivity contribution in [1.82, 2.24) is 10.2 Å². The van der Waals surface area contributed by atoms with Gasteiger partial charge in [-0.2, -0.15) is 0 Å². The number of amides is 2. The number of methoxy groups -OCH3 is 1. The van der Waals surface area contributed by atoms with Crippen LogP contribution in [0, 0.1) is 5.92 Å². The monoisotopic (exact) mass is 298 g/mol. The largest absolute Gasteiger partial charge is 0.385 e. The van der Waals surface area contributed by atoms with Gasteiger partial charge in [-0.25, -0.2) is 0 Å². The van der Waals surface area contributed by atoms with Gasteiger partial charge in [-0.15, -0.1) is 0 Å². The molecule has 1 heterocycles. The Bertz CT molecular complexity index is 344. The van der Waals surface area contributed by atoms with E-state index in [1.165, 1.54) is 0 Å². The summed E-state index contributed by atoms with van der Waals surface area (Å²) in [6, 6.07) is -0.651. The predicted molar refractivity (Wildman–Crippen MR) is 82.9 cm³/mol. The van der Waals surface area contributed by atoms with Crippen molar-refractivity contribution in [2.75, 3.05) is 20.3 Å². The molecule has 5 nitrogen and oxygen atoms in total. The van der Waals surface area contributed by atoms with Gasteiger partial charge in [-0.3, -0.25) is 9.59 Å². The Morgan fingerprint density at radius 3 is 2.57 bits per heavy atom. The van der Waals surface area contributed by atoms with E-state index in [4.69, 9.17) is 4.74 Å². The standard InChI is InChI=1S/C16H30N2O3/c1-5-8-14-15(19)17-13(11-12(2)3)16(20)18(14)9-6-7-10-21-4/h12-14H,5-11H2,1-4H3,(H,17,19). The first kappa shape index (κ1) is 18.0. The van der Waals surface area contributed by atoms with E-state index in [2.05, 4.69) is 19.2 Å². The maximum atomic E-state index is 12.6. The third-order valence-corrected chi connectivity index (χ3v) is 3.84. The first-order valence-electron chi connectivity index (χ1n) is 8.11. The van der Waals surface area contributed by atoms with Gasteiger partial charge < -0.3 is 15.0 Å². The molecule has 5 heteroatoms. The van der Waals surface area contributed by atoms with E-state index in [1.54, 1.807) is 12.0 Å². The third-order valence-electron chi connectivity index (χ3n) is 3.84. The molecule has 2 amide bonds. The van der Waals surface area contributed by atoms with Gasteiger partial charge in [0.15, 0.2) is 0 Å². The number of hydrogen-bond donors (Lipinski definition) is 1. The number of hydrogen-bond acceptors (Lipinski definition) is 3. The highest BCUT2D eigenvalue weighted by Gasteiger charge is 2.39. The Balaban J connectivity index is 2.72. The molecule has 0 aliphatic carbocycles. The zero-order valence-electron chi connectivity index (χ0n) is 13.9. The molecule has 1 aliphatic heterocycles. The van der Waals surface area contributed by atoms with Crippen molar-refractivity contribution in [1.29, 1.82) is 0 Å². The van der Waals surface area contributed by atoms with Crippen molar-refractivity contribution in [2.45, 2.75) is 65.0 Å². The first-order chi connectivity index (χ1) is 10.0. The molecule has 0 aromatic rings. The molecule has 1 aliphatic rings. The summed E-state index contributed by atoms with van der Waals surface area (Å²) < 4.78 is 5.04. The topological polar surface area (TPSA) is 58.6 Å². The van der Waals surface area contributed by atoms with Gasteiger partial charge in [-0.1, -0.05) is 27.2 Å². The summed E-state index contributed by atoms with van der Waals surface area (Å²) in [7, 11) is 1.68. The molecule has 2 unspecified atom stereocenters. The van der Waals surface area contributed by atoms with Crippen LogP contribution in [0.3, 0.4) is 0 Å². The molecule has 2 atom stereocenters. The Labute approximate surface area is 128 Å². The van der Waals surface area contributed by atoms with Crippen molar-refractivity contribution < 1.29 is 14.3 Å². The minimum absolute atomic E-state index is 0.00819. The molecule has 0 aromatic carbocycles. The third kappa shape index (κ3) is 5.30. The van der Waals surface area contributed by atoms with Crippen LogP contribution in [-0.2, 0) is 14.3 Å². The summed E-state index contributed by atoms with van der Waals surface area (Å²) >= 11 is 0. The normalized spacial score (nSPS) is 22.8. The van der Waals surface area contributed by atoms with Crippen LogP contribution in [0.4, 0.5) is 0 Å².